The number of ether oxygens (including phenoxy) is 2. The predicted molar refractivity (Wildman–Crippen MR) is 120 cm³/mol. The van der Waals surface area contributed by atoms with E-state index in [-0.39, 0.29) is 0 Å². The Hall–Kier alpha value is -3.53. The van der Waals surface area contributed by atoms with Crippen LogP contribution >= 0.6 is 0 Å². The molecule has 0 saturated heterocycles. The number of hydrogen-bond donors (Lipinski definition) is 1. The maximum absolute atomic E-state index is 11.3. The minimum Gasteiger partial charge on any atom is -0.490 e. The average molecular weight is 402 g/mol. The van der Waals surface area contributed by atoms with Crippen LogP contribution in [0, 0.1) is 0 Å². The highest BCUT2D eigenvalue weighted by Crippen LogP contribution is 2.24. The van der Waals surface area contributed by atoms with Gasteiger partial charge in [-0.15, -0.1) is 0 Å². The molecule has 0 aliphatic heterocycles. The Morgan fingerprint density at radius 3 is 2.10 bits per heavy atom. The van der Waals surface area contributed by atoms with E-state index in [1.165, 1.54) is 11.1 Å². The monoisotopic (exact) mass is 402 g/mol. The van der Waals surface area contributed by atoms with Gasteiger partial charge in [0.1, 0.15) is 18.1 Å². The molecule has 3 aromatic rings. The average Bonchev–Trinajstić information content (AvgIpc) is 2.78. The maximum atomic E-state index is 11.3. The molecule has 3 rings (SSSR count). The van der Waals surface area contributed by atoms with Gasteiger partial charge in [0.05, 0.1) is 0 Å². The number of carbonyl (C=O) groups is 1. The molecule has 0 fully saturated rings. The summed E-state index contributed by atoms with van der Waals surface area (Å²) in [5.41, 5.74) is 2.26. The molecule has 0 amide bonds. The van der Waals surface area contributed by atoms with Crippen LogP contribution in [0.15, 0.2) is 84.9 Å². The van der Waals surface area contributed by atoms with E-state index in [0.717, 1.165) is 5.56 Å². The van der Waals surface area contributed by atoms with Crippen LogP contribution in [0.3, 0.4) is 0 Å². The van der Waals surface area contributed by atoms with Gasteiger partial charge in [-0.25, -0.2) is 4.79 Å². The summed E-state index contributed by atoms with van der Waals surface area (Å²) < 4.78 is 11.3. The van der Waals surface area contributed by atoms with Crippen LogP contribution < -0.4 is 9.47 Å². The molecule has 0 aliphatic rings. The smallest absolute Gasteiger partial charge is 0.347 e. The van der Waals surface area contributed by atoms with Crippen molar-refractivity contribution in [1.82, 2.24) is 0 Å². The standard InChI is InChI=1S/C26H26O4/c1-3-26(2,25(27)28)30-24-17-15-23(16-18-24)29-19-7-8-20-11-13-22(14-12-20)21-9-5-4-6-10-21/h4-18H,3,19H2,1-2H3,(H,27,28)/t26-/m1/s1. The van der Waals surface area contributed by atoms with Crippen LogP contribution in [0.4, 0.5) is 0 Å². The molecule has 0 saturated carbocycles. The number of carboxylic acid groups (broad SMARTS) is 1. The largest absolute Gasteiger partial charge is 0.490 e. The summed E-state index contributed by atoms with van der Waals surface area (Å²) >= 11 is 0. The molecule has 4 nitrogen and oxygen atoms in total. The van der Waals surface area contributed by atoms with Crippen molar-refractivity contribution in [2.75, 3.05) is 6.61 Å². The number of carboxylic acids is 1. The third-order valence-electron chi connectivity index (χ3n) is 4.97. The molecule has 30 heavy (non-hydrogen) atoms. The van der Waals surface area contributed by atoms with Crippen LogP contribution in [-0.2, 0) is 4.79 Å². The Morgan fingerprint density at radius 2 is 1.50 bits per heavy atom. The summed E-state index contributed by atoms with van der Waals surface area (Å²) in [6.45, 7) is 3.78. The second-order valence-corrected chi connectivity index (χ2v) is 7.16. The lowest BCUT2D eigenvalue weighted by atomic mass is 10.0. The van der Waals surface area contributed by atoms with Crippen LogP contribution in [0.2, 0.25) is 0 Å². The second-order valence-electron chi connectivity index (χ2n) is 7.16. The zero-order valence-corrected chi connectivity index (χ0v) is 17.2. The van der Waals surface area contributed by atoms with Gasteiger partial charge in [0.25, 0.3) is 0 Å². The lowest BCUT2D eigenvalue weighted by molar-refractivity contribution is -0.154. The van der Waals surface area contributed by atoms with Crippen molar-refractivity contribution in [3.05, 3.63) is 90.5 Å². The van der Waals surface area contributed by atoms with Crippen LogP contribution in [0.25, 0.3) is 17.2 Å². The van der Waals surface area contributed by atoms with E-state index >= 15 is 0 Å². The van der Waals surface area contributed by atoms with Crippen molar-refractivity contribution in [2.24, 2.45) is 0 Å². The predicted octanol–water partition coefficient (Wildman–Crippen LogP) is 6.08. The fourth-order valence-corrected chi connectivity index (χ4v) is 2.88. The third kappa shape index (κ3) is 5.51. The van der Waals surface area contributed by atoms with Crippen LogP contribution in [0.5, 0.6) is 11.5 Å². The van der Waals surface area contributed by atoms with Crippen LogP contribution in [-0.4, -0.2) is 23.3 Å². The third-order valence-corrected chi connectivity index (χ3v) is 4.97. The van der Waals surface area contributed by atoms with Crippen molar-refractivity contribution in [2.45, 2.75) is 25.9 Å². The highest BCUT2D eigenvalue weighted by atomic mass is 16.5. The molecule has 0 aromatic heterocycles. The van der Waals surface area contributed by atoms with Crippen LogP contribution in [0.1, 0.15) is 25.8 Å². The van der Waals surface area contributed by atoms with Gasteiger partial charge in [0.15, 0.2) is 0 Å². The van der Waals surface area contributed by atoms with Gasteiger partial charge in [-0.2, -0.15) is 0 Å². The van der Waals surface area contributed by atoms with Crippen molar-refractivity contribution in [3.8, 4) is 22.6 Å². The first kappa shape index (κ1) is 21.2. The zero-order chi connectivity index (χ0) is 21.4. The van der Waals surface area contributed by atoms with Gasteiger partial charge in [-0.3, -0.25) is 0 Å². The van der Waals surface area contributed by atoms with Crippen molar-refractivity contribution in [1.29, 1.82) is 0 Å². The van der Waals surface area contributed by atoms with E-state index in [1.807, 2.05) is 30.4 Å². The molecule has 0 spiro atoms. The fraction of sp³-hybridized carbons (Fsp3) is 0.192. The first-order chi connectivity index (χ1) is 14.5. The molecule has 1 N–H and O–H groups in total. The highest BCUT2D eigenvalue weighted by Gasteiger charge is 2.33. The molecule has 0 bridgehead atoms. The molecule has 0 heterocycles. The molecule has 3 aromatic carbocycles. The Morgan fingerprint density at radius 1 is 0.900 bits per heavy atom. The Balaban J connectivity index is 1.51. The van der Waals surface area contributed by atoms with E-state index in [9.17, 15) is 9.90 Å². The number of hydrogen-bond acceptors (Lipinski definition) is 3. The molecule has 154 valence electrons. The lowest BCUT2D eigenvalue weighted by Crippen LogP contribution is -2.40. The molecule has 4 heteroatoms. The molecular weight excluding hydrogens is 376 g/mol. The van der Waals surface area contributed by atoms with E-state index < -0.39 is 11.6 Å². The summed E-state index contributed by atoms with van der Waals surface area (Å²) in [5, 5.41) is 9.30. The highest BCUT2D eigenvalue weighted by molar-refractivity contribution is 5.77. The van der Waals surface area contributed by atoms with Gasteiger partial charge in [-0.05, 0) is 60.4 Å². The summed E-state index contributed by atoms with van der Waals surface area (Å²) in [4.78, 5) is 11.3. The Bertz CT molecular complexity index is 976. The van der Waals surface area contributed by atoms with E-state index in [0.29, 0.717) is 24.5 Å². The van der Waals surface area contributed by atoms with Crippen molar-refractivity contribution >= 4 is 12.0 Å². The normalized spacial score (nSPS) is 13.0. The minimum absolute atomic E-state index is 0.373. The van der Waals surface area contributed by atoms with Gasteiger partial charge in [0, 0.05) is 0 Å². The second kappa shape index (κ2) is 9.79. The Labute approximate surface area is 177 Å². The Kier molecular flexibility index (Phi) is 6.91. The minimum atomic E-state index is -1.23. The van der Waals surface area contributed by atoms with Gasteiger partial charge in [0.2, 0.25) is 5.60 Å². The van der Waals surface area contributed by atoms with Crippen molar-refractivity contribution in [3.63, 3.8) is 0 Å². The zero-order valence-electron chi connectivity index (χ0n) is 17.2. The van der Waals surface area contributed by atoms with E-state index in [1.54, 1.807) is 38.1 Å². The van der Waals surface area contributed by atoms with Crippen molar-refractivity contribution < 1.29 is 19.4 Å². The summed E-state index contributed by atoms with van der Waals surface area (Å²) in [6.07, 6.45) is 4.35. The van der Waals surface area contributed by atoms with Gasteiger partial charge >= 0.3 is 5.97 Å². The number of rotatable bonds is 9. The molecule has 0 aliphatic carbocycles. The van der Waals surface area contributed by atoms with E-state index in [4.69, 9.17) is 9.47 Å². The number of benzene rings is 3. The topological polar surface area (TPSA) is 55.8 Å². The van der Waals surface area contributed by atoms with Gasteiger partial charge in [-0.1, -0.05) is 67.6 Å². The SMILES string of the molecule is CC[C@@](C)(Oc1ccc(OCC=Cc2ccc(-c3ccccc3)cc2)cc1)C(=O)O. The van der Waals surface area contributed by atoms with Gasteiger partial charge < -0.3 is 14.6 Å². The summed E-state index contributed by atoms with van der Waals surface area (Å²) in [5.74, 6) is 0.218. The molecule has 1 atom stereocenters. The van der Waals surface area contributed by atoms with E-state index in [2.05, 4.69) is 36.4 Å². The summed E-state index contributed by atoms with van der Waals surface area (Å²) in [7, 11) is 0. The summed E-state index contributed by atoms with van der Waals surface area (Å²) in [6, 6.07) is 25.6. The molecule has 0 radical (unpaired) electrons. The number of aliphatic carboxylic acids is 1. The first-order valence-electron chi connectivity index (χ1n) is 9.97. The lowest BCUT2D eigenvalue weighted by Gasteiger charge is -2.24. The fourth-order valence-electron chi connectivity index (χ4n) is 2.88. The molecular formula is C26H26O4. The maximum Gasteiger partial charge on any atom is 0.347 e. The molecule has 0 unspecified atom stereocenters. The quantitative estimate of drug-likeness (QED) is 0.471. The first-order valence-corrected chi connectivity index (χ1v) is 9.97.